The molecule has 0 aliphatic heterocycles. The van der Waals surface area contributed by atoms with E-state index >= 15 is 0 Å². The van der Waals surface area contributed by atoms with E-state index in [4.69, 9.17) is 5.73 Å². The fraction of sp³-hybridized carbons (Fsp3) is 0.533. The largest absolute Gasteiger partial charge is 0.416 e. The summed E-state index contributed by atoms with van der Waals surface area (Å²) in [5, 5.41) is 2.76. The number of alkyl halides is 3. The first kappa shape index (κ1) is 17.5. The lowest BCUT2D eigenvalue weighted by Crippen LogP contribution is -2.40. The van der Waals surface area contributed by atoms with Gasteiger partial charge >= 0.3 is 6.18 Å². The fourth-order valence-corrected chi connectivity index (χ4v) is 2.02. The van der Waals surface area contributed by atoms with Crippen molar-refractivity contribution in [3.63, 3.8) is 0 Å². The highest BCUT2D eigenvalue weighted by Crippen LogP contribution is 2.29. The third kappa shape index (κ3) is 6.16. The first-order valence-corrected chi connectivity index (χ1v) is 7.02. The van der Waals surface area contributed by atoms with Gasteiger partial charge in [0.2, 0.25) is 5.91 Å². The highest BCUT2D eigenvalue weighted by atomic mass is 19.4. The van der Waals surface area contributed by atoms with Gasteiger partial charge in [-0.05, 0) is 18.1 Å². The molecule has 0 bridgehead atoms. The Morgan fingerprint density at radius 3 is 2.67 bits per heavy atom. The van der Waals surface area contributed by atoms with Crippen molar-refractivity contribution in [2.24, 2.45) is 5.73 Å². The quantitative estimate of drug-likeness (QED) is 0.813. The van der Waals surface area contributed by atoms with Crippen molar-refractivity contribution in [2.45, 2.75) is 44.8 Å². The summed E-state index contributed by atoms with van der Waals surface area (Å²) in [5.74, 6) is -0.305. The minimum atomic E-state index is -4.40. The molecule has 0 spiro atoms. The Labute approximate surface area is 122 Å². The minimum Gasteiger partial charge on any atom is -0.352 e. The van der Waals surface area contributed by atoms with Gasteiger partial charge in [-0.2, -0.15) is 13.2 Å². The smallest absolute Gasteiger partial charge is 0.352 e. The van der Waals surface area contributed by atoms with Crippen LogP contribution in [0.25, 0.3) is 0 Å². The maximum Gasteiger partial charge on any atom is 0.416 e. The van der Waals surface area contributed by atoms with Crippen molar-refractivity contribution in [2.75, 3.05) is 6.54 Å². The van der Waals surface area contributed by atoms with Gasteiger partial charge in [-0.1, -0.05) is 38.0 Å². The molecule has 0 heterocycles. The number of carbonyl (C=O) groups excluding carboxylic acids is 1. The highest BCUT2D eigenvalue weighted by molar-refractivity contribution is 5.78. The molecular formula is C15H21F3N2O. The zero-order valence-corrected chi connectivity index (χ0v) is 12.0. The van der Waals surface area contributed by atoms with Gasteiger partial charge in [-0.3, -0.25) is 4.79 Å². The van der Waals surface area contributed by atoms with Gasteiger partial charge in [0.1, 0.15) is 0 Å². The molecule has 21 heavy (non-hydrogen) atoms. The summed E-state index contributed by atoms with van der Waals surface area (Å²) in [7, 11) is 0. The van der Waals surface area contributed by atoms with Gasteiger partial charge in [0, 0.05) is 12.6 Å². The molecule has 0 fully saturated rings. The SMILES string of the molecule is CCCCC(CN)NC(=O)Cc1cccc(C(F)(F)F)c1. The molecule has 1 aromatic rings. The van der Waals surface area contributed by atoms with Gasteiger partial charge in [0.15, 0.2) is 0 Å². The zero-order chi connectivity index (χ0) is 15.9. The average Bonchev–Trinajstić information content (AvgIpc) is 2.42. The number of hydrogen-bond acceptors (Lipinski definition) is 2. The summed E-state index contributed by atoms with van der Waals surface area (Å²) in [5.41, 5.74) is 5.17. The van der Waals surface area contributed by atoms with Crippen LogP contribution in [-0.4, -0.2) is 18.5 Å². The molecule has 0 saturated heterocycles. The number of carbonyl (C=O) groups is 1. The van der Waals surface area contributed by atoms with E-state index < -0.39 is 11.7 Å². The molecule has 6 heteroatoms. The Kier molecular flexibility index (Phi) is 6.68. The molecular weight excluding hydrogens is 281 g/mol. The van der Waals surface area contributed by atoms with E-state index in [1.807, 2.05) is 6.92 Å². The van der Waals surface area contributed by atoms with E-state index in [1.165, 1.54) is 12.1 Å². The van der Waals surface area contributed by atoms with Crippen molar-refractivity contribution >= 4 is 5.91 Å². The average molecular weight is 302 g/mol. The molecule has 0 aliphatic carbocycles. The van der Waals surface area contributed by atoms with Crippen LogP contribution < -0.4 is 11.1 Å². The molecule has 3 nitrogen and oxygen atoms in total. The Morgan fingerprint density at radius 1 is 1.38 bits per heavy atom. The summed E-state index contributed by atoms with van der Waals surface area (Å²) in [6.07, 6.45) is -1.74. The van der Waals surface area contributed by atoms with Crippen molar-refractivity contribution < 1.29 is 18.0 Å². The molecule has 1 unspecified atom stereocenters. The number of amides is 1. The Hall–Kier alpha value is -1.56. The molecule has 118 valence electrons. The number of halogens is 3. The number of hydrogen-bond donors (Lipinski definition) is 2. The standard InChI is InChI=1S/C15H21F3N2O/c1-2-3-7-13(10-19)20-14(21)9-11-5-4-6-12(8-11)15(16,17)18/h4-6,8,13H,2-3,7,9-10,19H2,1H3,(H,20,21). The summed E-state index contributed by atoms with van der Waals surface area (Å²) in [6.45, 7) is 2.37. The van der Waals surface area contributed by atoms with Crippen molar-refractivity contribution in [3.8, 4) is 0 Å². The van der Waals surface area contributed by atoms with Crippen LogP contribution in [-0.2, 0) is 17.4 Å². The van der Waals surface area contributed by atoms with Crippen LogP contribution in [0.1, 0.15) is 37.3 Å². The van der Waals surface area contributed by atoms with Crippen LogP contribution in [0.2, 0.25) is 0 Å². The molecule has 0 aliphatic rings. The normalized spacial score (nSPS) is 13.0. The van der Waals surface area contributed by atoms with E-state index in [0.717, 1.165) is 31.4 Å². The second-order valence-electron chi connectivity index (χ2n) is 5.02. The van der Waals surface area contributed by atoms with Crippen LogP contribution in [0.3, 0.4) is 0 Å². The van der Waals surface area contributed by atoms with Gasteiger partial charge in [-0.15, -0.1) is 0 Å². The number of unbranched alkanes of at least 4 members (excludes halogenated alkanes) is 1. The van der Waals surface area contributed by atoms with Crippen LogP contribution in [0, 0.1) is 0 Å². The van der Waals surface area contributed by atoms with Crippen LogP contribution in [0.15, 0.2) is 24.3 Å². The van der Waals surface area contributed by atoms with Crippen LogP contribution in [0.4, 0.5) is 13.2 Å². The van der Waals surface area contributed by atoms with E-state index in [-0.39, 0.29) is 18.4 Å². The van der Waals surface area contributed by atoms with Gasteiger partial charge in [0.05, 0.1) is 12.0 Å². The summed E-state index contributed by atoms with van der Waals surface area (Å²) < 4.78 is 37.8. The lowest BCUT2D eigenvalue weighted by Gasteiger charge is -2.16. The maximum absolute atomic E-state index is 12.6. The zero-order valence-electron chi connectivity index (χ0n) is 12.0. The molecule has 1 atom stereocenters. The number of benzene rings is 1. The van der Waals surface area contributed by atoms with Gasteiger partial charge < -0.3 is 11.1 Å². The van der Waals surface area contributed by atoms with Crippen molar-refractivity contribution in [1.29, 1.82) is 0 Å². The summed E-state index contributed by atoms with van der Waals surface area (Å²) in [6, 6.07) is 4.69. The van der Waals surface area contributed by atoms with Crippen LogP contribution >= 0.6 is 0 Å². The third-order valence-corrected chi connectivity index (χ3v) is 3.17. The number of nitrogens with one attached hydrogen (secondary N) is 1. The van der Waals surface area contributed by atoms with E-state index in [2.05, 4.69) is 5.32 Å². The Bertz CT molecular complexity index is 460. The topological polar surface area (TPSA) is 55.1 Å². The number of rotatable bonds is 7. The predicted molar refractivity (Wildman–Crippen MR) is 75.7 cm³/mol. The van der Waals surface area contributed by atoms with Gasteiger partial charge in [-0.25, -0.2) is 0 Å². The fourth-order valence-electron chi connectivity index (χ4n) is 2.02. The second kappa shape index (κ2) is 8.02. The predicted octanol–water partition coefficient (Wildman–Crippen LogP) is 2.88. The van der Waals surface area contributed by atoms with Crippen molar-refractivity contribution in [3.05, 3.63) is 35.4 Å². The summed E-state index contributed by atoms with van der Waals surface area (Å²) in [4.78, 5) is 11.9. The highest BCUT2D eigenvalue weighted by Gasteiger charge is 2.30. The van der Waals surface area contributed by atoms with Crippen LogP contribution in [0.5, 0.6) is 0 Å². The van der Waals surface area contributed by atoms with Gasteiger partial charge in [0.25, 0.3) is 0 Å². The number of nitrogens with two attached hydrogens (primary N) is 1. The van der Waals surface area contributed by atoms with E-state index in [1.54, 1.807) is 0 Å². The molecule has 0 aromatic heterocycles. The molecule has 0 saturated carbocycles. The van der Waals surface area contributed by atoms with E-state index in [0.29, 0.717) is 12.1 Å². The lowest BCUT2D eigenvalue weighted by atomic mass is 10.1. The molecule has 1 amide bonds. The molecule has 3 N–H and O–H groups in total. The third-order valence-electron chi connectivity index (χ3n) is 3.17. The Morgan fingerprint density at radius 2 is 2.10 bits per heavy atom. The first-order valence-electron chi connectivity index (χ1n) is 7.02. The van der Waals surface area contributed by atoms with E-state index in [9.17, 15) is 18.0 Å². The van der Waals surface area contributed by atoms with Crippen molar-refractivity contribution in [1.82, 2.24) is 5.32 Å². The monoisotopic (exact) mass is 302 g/mol. The first-order chi connectivity index (χ1) is 9.86. The molecule has 0 radical (unpaired) electrons. The molecule has 1 rings (SSSR count). The second-order valence-corrected chi connectivity index (χ2v) is 5.02. The minimum absolute atomic E-state index is 0.0768. The Balaban J connectivity index is 2.62. The summed E-state index contributed by atoms with van der Waals surface area (Å²) >= 11 is 0. The maximum atomic E-state index is 12.6. The lowest BCUT2D eigenvalue weighted by molar-refractivity contribution is -0.137. The molecule has 1 aromatic carbocycles.